The SMILES string of the molecule is O=C(CSCc1ccc(Cl)cc1)NC[C@@H](O)CN1CCCC1. The lowest BCUT2D eigenvalue weighted by atomic mass is 10.2. The first-order valence-corrected chi connectivity index (χ1v) is 9.16. The average Bonchev–Trinajstić information content (AvgIpc) is 3.00. The second-order valence-corrected chi connectivity index (χ2v) is 7.01. The molecule has 0 saturated carbocycles. The molecule has 0 bridgehead atoms. The molecule has 1 aromatic rings. The van der Waals surface area contributed by atoms with Crippen LogP contribution in [0.1, 0.15) is 18.4 Å². The van der Waals surface area contributed by atoms with Crippen molar-refractivity contribution in [1.29, 1.82) is 0 Å². The van der Waals surface area contributed by atoms with E-state index in [1.807, 2.05) is 24.3 Å². The number of aliphatic hydroxyl groups excluding tert-OH is 1. The monoisotopic (exact) mass is 342 g/mol. The molecule has 0 radical (unpaired) electrons. The predicted octanol–water partition coefficient (Wildman–Crippen LogP) is 2.15. The molecule has 0 unspecified atom stereocenters. The third kappa shape index (κ3) is 6.57. The number of carbonyl (C=O) groups excluding carboxylic acids is 1. The number of benzene rings is 1. The van der Waals surface area contributed by atoms with Crippen LogP contribution in [0.3, 0.4) is 0 Å². The van der Waals surface area contributed by atoms with E-state index in [4.69, 9.17) is 11.6 Å². The van der Waals surface area contributed by atoms with Gasteiger partial charge in [0.1, 0.15) is 0 Å². The summed E-state index contributed by atoms with van der Waals surface area (Å²) in [5, 5.41) is 13.4. The van der Waals surface area contributed by atoms with Crippen LogP contribution in [0.2, 0.25) is 5.02 Å². The highest BCUT2D eigenvalue weighted by Gasteiger charge is 2.16. The molecular formula is C16H23ClN2O2S. The molecule has 0 spiro atoms. The molecule has 1 saturated heterocycles. The minimum Gasteiger partial charge on any atom is -0.390 e. The quantitative estimate of drug-likeness (QED) is 0.760. The average molecular weight is 343 g/mol. The predicted molar refractivity (Wildman–Crippen MR) is 92.3 cm³/mol. The number of likely N-dealkylation sites (tertiary alicyclic amines) is 1. The summed E-state index contributed by atoms with van der Waals surface area (Å²) in [4.78, 5) is 14.0. The Kier molecular flexibility index (Phi) is 7.52. The number of nitrogens with one attached hydrogen (secondary N) is 1. The van der Waals surface area contributed by atoms with E-state index in [1.165, 1.54) is 12.8 Å². The number of β-amino-alcohol motifs (C(OH)–C–C–N with tert-alkyl or cyclic N) is 1. The zero-order valence-electron chi connectivity index (χ0n) is 12.6. The van der Waals surface area contributed by atoms with E-state index >= 15 is 0 Å². The molecule has 1 atom stereocenters. The summed E-state index contributed by atoms with van der Waals surface area (Å²) in [5.41, 5.74) is 1.15. The number of amides is 1. The Hall–Kier alpha value is -0.750. The number of rotatable bonds is 8. The molecule has 2 N–H and O–H groups in total. The number of halogens is 1. The van der Waals surface area contributed by atoms with Gasteiger partial charge in [0.05, 0.1) is 11.9 Å². The normalized spacial score (nSPS) is 16.6. The molecule has 22 heavy (non-hydrogen) atoms. The fourth-order valence-electron chi connectivity index (χ4n) is 2.45. The van der Waals surface area contributed by atoms with Gasteiger partial charge in [0.25, 0.3) is 0 Å². The summed E-state index contributed by atoms with van der Waals surface area (Å²) in [6, 6.07) is 7.64. The van der Waals surface area contributed by atoms with Crippen LogP contribution in [-0.4, -0.2) is 53.9 Å². The summed E-state index contributed by atoms with van der Waals surface area (Å²) in [6.45, 7) is 3.10. The molecular weight excluding hydrogens is 320 g/mol. The van der Waals surface area contributed by atoms with Crippen molar-refractivity contribution in [1.82, 2.24) is 10.2 Å². The number of carbonyl (C=O) groups is 1. The lowest BCUT2D eigenvalue weighted by molar-refractivity contribution is -0.119. The third-order valence-corrected chi connectivity index (χ3v) is 4.87. The second-order valence-electron chi connectivity index (χ2n) is 5.58. The molecule has 1 aromatic carbocycles. The van der Waals surface area contributed by atoms with Crippen LogP contribution in [0.25, 0.3) is 0 Å². The fourth-order valence-corrected chi connectivity index (χ4v) is 3.40. The molecule has 1 heterocycles. The number of aliphatic hydroxyl groups is 1. The molecule has 1 fully saturated rings. The maximum atomic E-state index is 11.8. The largest absolute Gasteiger partial charge is 0.390 e. The van der Waals surface area contributed by atoms with Gasteiger partial charge in [0, 0.05) is 23.9 Å². The van der Waals surface area contributed by atoms with Crippen molar-refractivity contribution >= 4 is 29.3 Å². The molecule has 0 aromatic heterocycles. The summed E-state index contributed by atoms with van der Waals surface area (Å²) in [6.07, 6.45) is 1.93. The van der Waals surface area contributed by atoms with Crippen LogP contribution < -0.4 is 5.32 Å². The van der Waals surface area contributed by atoms with Gasteiger partial charge in [-0.2, -0.15) is 0 Å². The van der Waals surface area contributed by atoms with Crippen LogP contribution in [0.4, 0.5) is 0 Å². The van der Waals surface area contributed by atoms with Crippen molar-refractivity contribution in [3.05, 3.63) is 34.9 Å². The second kappa shape index (κ2) is 9.40. The zero-order valence-corrected chi connectivity index (χ0v) is 14.2. The first kappa shape index (κ1) is 17.6. The number of hydrogen-bond donors (Lipinski definition) is 2. The Bertz CT molecular complexity index is 464. The topological polar surface area (TPSA) is 52.6 Å². The minimum atomic E-state index is -0.483. The van der Waals surface area contributed by atoms with Crippen molar-refractivity contribution in [2.75, 3.05) is 31.9 Å². The van der Waals surface area contributed by atoms with E-state index in [0.29, 0.717) is 18.8 Å². The van der Waals surface area contributed by atoms with Crippen molar-refractivity contribution in [2.45, 2.75) is 24.7 Å². The van der Waals surface area contributed by atoms with Crippen molar-refractivity contribution in [3.8, 4) is 0 Å². The molecule has 1 aliphatic rings. The Balaban J connectivity index is 1.56. The van der Waals surface area contributed by atoms with Crippen molar-refractivity contribution < 1.29 is 9.90 Å². The maximum absolute atomic E-state index is 11.8. The minimum absolute atomic E-state index is 0.0283. The molecule has 0 aliphatic carbocycles. The molecule has 6 heteroatoms. The van der Waals surface area contributed by atoms with Crippen molar-refractivity contribution in [2.24, 2.45) is 0 Å². The Labute approximate surface area is 141 Å². The van der Waals surface area contributed by atoms with Crippen LogP contribution >= 0.6 is 23.4 Å². The Morgan fingerprint density at radius 2 is 2.00 bits per heavy atom. The Morgan fingerprint density at radius 3 is 2.68 bits per heavy atom. The van der Waals surface area contributed by atoms with E-state index in [9.17, 15) is 9.90 Å². The van der Waals surface area contributed by atoms with Crippen LogP contribution in [0, 0.1) is 0 Å². The highest BCUT2D eigenvalue weighted by Crippen LogP contribution is 2.15. The van der Waals surface area contributed by atoms with Gasteiger partial charge < -0.3 is 15.3 Å². The first-order chi connectivity index (χ1) is 10.6. The lowest BCUT2D eigenvalue weighted by Gasteiger charge is -2.19. The summed E-state index contributed by atoms with van der Waals surface area (Å²) >= 11 is 7.39. The first-order valence-electron chi connectivity index (χ1n) is 7.63. The summed E-state index contributed by atoms with van der Waals surface area (Å²) in [5.74, 6) is 1.15. The van der Waals surface area contributed by atoms with Gasteiger partial charge in [-0.1, -0.05) is 23.7 Å². The number of nitrogens with zero attached hydrogens (tertiary/aromatic N) is 1. The molecule has 2 rings (SSSR count). The van der Waals surface area contributed by atoms with E-state index in [1.54, 1.807) is 11.8 Å². The van der Waals surface area contributed by atoms with Gasteiger partial charge >= 0.3 is 0 Å². The molecule has 122 valence electrons. The van der Waals surface area contributed by atoms with Gasteiger partial charge in [-0.05, 0) is 43.6 Å². The number of hydrogen-bond acceptors (Lipinski definition) is 4. The summed E-state index contributed by atoms with van der Waals surface area (Å²) < 4.78 is 0. The maximum Gasteiger partial charge on any atom is 0.230 e. The van der Waals surface area contributed by atoms with Crippen LogP contribution in [-0.2, 0) is 10.5 Å². The summed E-state index contributed by atoms with van der Waals surface area (Å²) in [7, 11) is 0. The highest BCUT2D eigenvalue weighted by molar-refractivity contribution is 7.99. The van der Waals surface area contributed by atoms with Crippen molar-refractivity contribution in [3.63, 3.8) is 0 Å². The van der Waals surface area contributed by atoms with E-state index in [0.717, 1.165) is 29.4 Å². The fraction of sp³-hybridized carbons (Fsp3) is 0.562. The van der Waals surface area contributed by atoms with Crippen LogP contribution in [0.15, 0.2) is 24.3 Å². The van der Waals surface area contributed by atoms with Gasteiger partial charge in [0.15, 0.2) is 0 Å². The molecule has 1 aliphatic heterocycles. The van der Waals surface area contributed by atoms with Gasteiger partial charge in [-0.3, -0.25) is 4.79 Å². The van der Waals surface area contributed by atoms with Gasteiger partial charge in [0.2, 0.25) is 5.91 Å². The van der Waals surface area contributed by atoms with E-state index < -0.39 is 6.10 Å². The standard InChI is InChI=1S/C16H23ClN2O2S/c17-14-5-3-13(4-6-14)11-22-12-16(21)18-9-15(20)10-19-7-1-2-8-19/h3-6,15,20H,1-2,7-12H2,(H,18,21)/t15-/m1/s1. The van der Waals surface area contributed by atoms with Gasteiger partial charge in [-0.15, -0.1) is 11.8 Å². The third-order valence-electron chi connectivity index (χ3n) is 3.62. The van der Waals surface area contributed by atoms with Crippen LogP contribution in [0.5, 0.6) is 0 Å². The number of thioether (sulfide) groups is 1. The highest BCUT2D eigenvalue weighted by atomic mass is 35.5. The smallest absolute Gasteiger partial charge is 0.230 e. The van der Waals surface area contributed by atoms with E-state index in [2.05, 4.69) is 10.2 Å². The molecule has 4 nitrogen and oxygen atoms in total. The zero-order chi connectivity index (χ0) is 15.8. The molecule has 1 amide bonds. The van der Waals surface area contributed by atoms with E-state index in [-0.39, 0.29) is 5.91 Å². The lowest BCUT2D eigenvalue weighted by Crippen LogP contribution is -2.39. The Morgan fingerprint density at radius 1 is 1.32 bits per heavy atom. The van der Waals surface area contributed by atoms with Gasteiger partial charge in [-0.25, -0.2) is 0 Å².